The van der Waals surface area contributed by atoms with E-state index in [4.69, 9.17) is 5.53 Å². The Morgan fingerprint density at radius 1 is 1.56 bits per heavy atom. The topological polar surface area (TPSA) is 103 Å². The summed E-state index contributed by atoms with van der Waals surface area (Å²) < 4.78 is 15.0. The summed E-state index contributed by atoms with van der Waals surface area (Å²) in [5.41, 5.74) is 8.65. The van der Waals surface area contributed by atoms with Gasteiger partial charge in [-0.15, -0.1) is 15.5 Å². The van der Waals surface area contributed by atoms with E-state index in [9.17, 15) is 13.8 Å². The molecule has 0 N–H and O–H groups in total. The predicted octanol–water partition coefficient (Wildman–Crippen LogP) is 1.18. The maximum Gasteiger partial charge on any atom is 0.524 e. The molecular formula is C16H29N4O4S-. The number of hydrogen-bond acceptors (Lipinski definition) is 5. The number of nitrogens with zero attached hydrogens (tertiary/aromatic N) is 4. The van der Waals surface area contributed by atoms with E-state index in [1.165, 1.54) is 11.9 Å². The van der Waals surface area contributed by atoms with Crippen LogP contribution in [0.3, 0.4) is 0 Å². The second kappa shape index (κ2) is 9.58. The van der Waals surface area contributed by atoms with Gasteiger partial charge in [-0.25, -0.2) is 0 Å². The summed E-state index contributed by atoms with van der Waals surface area (Å²) >= 11 is 0. The van der Waals surface area contributed by atoms with E-state index >= 15 is 0 Å². The van der Waals surface area contributed by atoms with E-state index in [1.54, 1.807) is 0 Å². The van der Waals surface area contributed by atoms with Gasteiger partial charge >= 0.3 is 11.8 Å². The molecule has 9 heteroatoms. The van der Waals surface area contributed by atoms with Crippen LogP contribution < -0.4 is 0 Å². The Morgan fingerprint density at radius 2 is 2.08 bits per heavy atom. The molecule has 0 saturated carbocycles. The van der Waals surface area contributed by atoms with E-state index in [0.717, 1.165) is 6.54 Å². The van der Waals surface area contributed by atoms with E-state index in [2.05, 4.69) is 28.7 Å². The molecule has 0 aromatic heterocycles. The Balaban J connectivity index is 0.000000496. The van der Waals surface area contributed by atoms with Crippen molar-refractivity contribution < 1.29 is 22.8 Å². The lowest BCUT2D eigenvalue weighted by molar-refractivity contribution is -0.131. The van der Waals surface area contributed by atoms with Gasteiger partial charge in [-0.1, -0.05) is 34.6 Å². The lowest BCUT2D eigenvalue weighted by Gasteiger charge is -2.19. The second-order valence-electron chi connectivity index (χ2n) is 7.28. The molecule has 144 valence electrons. The molecule has 1 heterocycles. The first kappa shape index (κ1) is 23.1. The number of amides is 2. The van der Waals surface area contributed by atoms with Crippen LogP contribution in [0.1, 0.15) is 34.6 Å². The van der Waals surface area contributed by atoms with Gasteiger partial charge in [-0.3, -0.25) is 9.59 Å². The lowest BCUT2D eigenvalue weighted by atomic mass is 9.83. The van der Waals surface area contributed by atoms with Crippen LogP contribution in [0.2, 0.25) is 0 Å². The average Bonchev–Trinajstić information content (AvgIpc) is 2.66. The van der Waals surface area contributed by atoms with Crippen molar-refractivity contribution in [2.24, 2.45) is 17.3 Å². The normalized spacial score (nSPS) is 18.5. The number of carbonyl (C=O) groups is 2. The van der Waals surface area contributed by atoms with Crippen LogP contribution in [-0.4, -0.2) is 65.4 Å². The minimum Gasteiger partial charge on any atom is -0.498 e. The molecular weight excluding hydrogens is 344 g/mol. The molecule has 0 aromatic rings. The zero-order valence-corrected chi connectivity index (χ0v) is 16.9. The number of hydrogen-bond donors (Lipinski definition) is 0. The molecule has 0 spiro atoms. The van der Waals surface area contributed by atoms with Gasteiger partial charge in [0.1, 0.15) is 0 Å². The van der Waals surface area contributed by atoms with Crippen molar-refractivity contribution in [1.82, 2.24) is 9.80 Å². The van der Waals surface area contributed by atoms with Crippen molar-refractivity contribution in [3.63, 3.8) is 0 Å². The monoisotopic (exact) mass is 373 g/mol. The number of carbonyl (C=O) groups excluding carboxylic acids is 2. The first-order valence-electron chi connectivity index (χ1n) is 7.95. The van der Waals surface area contributed by atoms with Crippen LogP contribution in [0, 0.1) is 17.3 Å². The summed E-state index contributed by atoms with van der Waals surface area (Å²) in [5.74, 6) is 2.50. The van der Waals surface area contributed by atoms with Crippen LogP contribution in [0.25, 0.3) is 5.53 Å². The summed E-state index contributed by atoms with van der Waals surface area (Å²) in [6, 6.07) is 0. The predicted molar refractivity (Wildman–Crippen MR) is 97.9 cm³/mol. The van der Waals surface area contributed by atoms with Gasteiger partial charge in [0.25, 0.3) is 0 Å². The molecule has 1 unspecified atom stereocenters. The Labute approximate surface area is 152 Å². The Kier molecular flexibility index (Phi) is 8.87. The van der Waals surface area contributed by atoms with Crippen LogP contribution >= 0.6 is 0 Å². The van der Waals surface area contributed by atoms with E-state index in [0.29, 0.717) is 6.54 Å². The molecule has 1 aliphatic rings. The quantitative estimate of drug-likeness (QED) is 0.185. The van der Waals surface area contributed by atoms with Crippen molar-refractivity contribution in [3.8, 4) is 0 Å². The maximum absolute atomic E-state index is 11.5. The summed E-state index contributed by atoms with van der Waals surface area (Å²) in [7, 11) is 1.47. The van der Waals surface area contributed by atoms with Crippen LogP contribution in [0.5, 0.6) is 0 Å². The lowest BCUT2D eigenvalue weighted by Crippen LogP contribution is -2.37. The Morgan fingerprint density at radius 3 is 2.32 bits per heavy atom. The smallest absolute Gasteiger partial charge is 0.498 e. The van der Waals surface area contributed by atoms with Gasteiger partial charge in [-0.05, 0) is 11.3 Å². The molecule has 0 radical (unpaired) electrons. The molecule has 0 aliphatic carbocycles. The highest BCUT2D eigenvalue weighted by molar-refractivity contribution is 7.78. The standard InChI is InChI=1S/C8H14N3O3S.C8H15NO/c1-6(2)5-11(3)8(12)7(10-9)14-15(4)13;1-6-7(10)9(4)5-8(6,2)3/h6H,4-5H2,1-3H3;6H,5H2,1-4H3/q-1;. The van der Waals surface area contributed by atoms with Crippen LogP contribution in [0.4, 0.5) is 0 Å². The molecule has 1 rings (SSSR count). The summed E-state index contributed by atoms with van der Waals surface area (Å²) in [5, 5.41) is 0. The highest BCUT2D eigenvalue weighted by Crippen LogP contribution is 2.34. The average molecular weight is 373 g/mol. The van der Waals surface area contributed by atoms with Gasteiger partial charge in [-0.2, -0.15) is 5.87 Å². The van der Waals surface area contributed by atoms with Gasteiger partial charge in [0.15, 0.2) is 0 Å². The highest BCUT2D eigenvalue weighted by atomic mass is 32.2. The fourth-order valence-corrected chi connectivity index (χ4v) is 2.75. The van der Waals surface area contributed by atoms with Crippen molar-refractivity contribution >= 4 is 34.3 Å². The number of likely N-dealkylation sites (tertiary alicyclic amines) is 1. The second-order valence-corrected chi connectivity index (χ2v) is 8.05. The SMILES string of the molecule is C=[S-](=O)OC(=[N+]=[N-])C(=O)N(C)CC(C)C.CC1C(=O)N(C)CC1(C)C. The number of likely N-dealkylation sites (N-methyl/N-ethyl adjacent to an activating group) is 1. The fourth-order valence-electron chi connectivity index (χ4n) is 2.47. The molecule has 8 nitrogen and oxygen atoms in total. The van der Waals surface area contributed by atoms with Gasteiger partial charge in [0.2, 0.25) is 5.91 Å². The molecule has 1 aliphatic heterocycles. The molecule has 0 bridgehead atoms. The number of rotatable bonds is 3. The Hall–Kier alpha value is -1.86. The first-order chi connectivity index (χ1) is 11.3. The maximum atomic E-state index is 11.5. The van der Waals surface area contributed by atoms with Crippen molar-refractivity contribution in [2.75, 3.05) is 27.2 Å². The Bertz CT molecular complexity index is 614. The van der Waals surface area contributed by atoms with Crippen LogP contribution in [0.15, 0.2) is 0 Å². The fraction of sp³-hybridized carbons (Fsp3) is 0.750. The highest BCUT2D eigenvalue weighted by Gasteiger charge is 2.41. The summed E-state index contributed by atoms with van der Waals surface area (Å²) in [4.78, 5) is 28.5. The molecule has 1 atom stereocenters. The van der Waals surface area contributed by atoms with Gasteiger partial charge < -0.3 is 23.7 Å². The molecule has 0 aromatic carbocycles. The third-order valence-corrected chi connectivity index (χ3v) is 4.34. The minimum atomic E-state index is -1.93. The third kappa shape index (κ3) is 7.27. The first-order valence-corrected chi connectivity index (χ1v) is 9.20. The minimum absolute atomic E-state index is 0.172. The van der Waals surface area contributed by atoms with E-state index in [1.807, 2.05) is 32.7 Å². The molecule has 1 fully saturated rings. The third-order valence-electron chi connectivity index (χ3n) is 3.99. The molecule has 25 heavy (non-hydrogen) atoms. The van der Waals surface area contributed by atoms with E-state index in [-0.39, 0.29) is 23.2 Å². The summed E-state index contributed by atoms with van der Waals surface area (Å²) in [6.45, 7) is 11.5. The van der Waals surface area contributed by atoms with Crippen molar-refractivity contribution in [3.05, 3.63) is 5.53 Å². The molecule has 2 amide bonds. The van der Waals surface area contributed by atoms with Crippen molar-refractivity contribution in [1.29, 1.82) is 0 Å². The van der Waals surface area contributed by atoms with Crippen LogP contribution in [-0.2, 0) is 28.7 Å². The molecule has 1 saturated heterocycles. The van der Waals surface area contributed by atoms with E-state index < -0.39 is 22.5 Å². The zero-order chi connectivity index (χ0) is 19.9. The van der Waals surface area contributed by atoms with Crippen molar-refractivity contribution in [2.45, 2.75) is 34.6 Å². The zero-order valence-electron chi connectivity index (χ0n) is 16.1. The largest absolute Gasteiger partial charge is 0.524 e. The summed E-state index contributed by atoms with van der Waals surface area (Å²) in [6.07, 6.45) is 0. The van der Waals surface area contributed by atoms with Gasteiger partial charge in [0.05, 0.1) is 0 Å². The van der Waals surface area contributed by atoms with Gasteiger partial charge in [0, 0.05) is 33.1 Å².